The summed E-state index contributed by atoms with van der Waals surface area (Å²) in [5.41, 5.74) is 5.48. The minimum atomic E-state index is 0.772. The second kappa shape index (κ2) is 21.1. The van der Waals surface area contributed by atoms with Crippen LogP contribution >= 0.6 is 0 Å². The van der Waals surface area contributed by atoms with Crippen molar-refractivity contribution in [1.29, 1.82) is 0 Å². The number of ether oxygens (including phenoxy) is 2. The lowest BCUT2D eigenvalue weighted by molar-refractivity contribution is 0.304. The maximum atomic E-state index is 5.99. The van der Waals surface area contributed by atoms with Gasteiger partial charge < -0.3 is 9.47 Å². The molecule has 0 fully saturated rings. The van der Waals surface area contributed by atoms with Gasteiger partial charge in [0.15, 0.2) is 0 Å². The molecule has 46 heavy (non-hydrogen) atoms. The Morgan fingerprint density at radius 3 is 1.65 bits per heavy atom. The fraction of sp³-hybridized carbons (Fsp3) is 0.488. The minimum absolute atomic E-state index is 0.772. The van der Waals surface area contributed by atoms with Crippen LogP contribution in [0.2, 0.25) is 0 Å². The second-order valence-corrected chi connectivity index (χ2v) is 12.4. The van der Waals surface area contributed by atoms with Crippen molar-refractivity contribution >= 4 is 22.9 Å². The van der Waals surface area contributed by atoms with E-state index in [4.69, 9.17) is 19.4 Å². The average molecular weight is 622 g/mol. The Balaban J connectivity index is 1.18. The van der Waals surface area contributed by atoms with Gasteiger partial charge in [-0.05, 0) is 79.1 Å². The largest absolute Gasteiger partial charge is 0.494 e. The molecule has 0 aliphatic rings. The first-order valence-electron chi connectivity index (χ1n) is 18.0. The van der Waals surface area contributed by atoms with Crippen molar-refractivity contribution in [3.8, 4) is 22.8 Å². The molecule has 0 atom stereocenters. The molecular formula is C41H55N3O2. The van der Waals surface area contributed by atoms with Crippen LogP contribution in [0, 0.1) is 0 Å². The molecule has 3 aromatic carbocycles. The number of rotatable bonds is 23. The highest BCUT2D eigenvalue weighted by atomic mass is 16.5. The summed E-state index contributed by atoms with van der Waals surface area (Å²) in [4.78, 5) is 14.2. The van der Waals surface area contributed by atoms with Gasteiger partial charge in [-0.25, -0.2) is 4.98 Å². The Bertz CT molecular complexity index is 1420. The molecule has 5 nitrogen and oxygen atoms in total. The van der Waals surface area contributed by atoms with E-state index >= 15 is 0 Å². The Labute approximate surface area is 277 Å². The molecule has 246 valence electrons. The summed E-state index contributed by atoms with van der Waals surface area (Å²) >= 11 is 0. The van der Waals surface area contributed by atoms with Crippen LogP contribution in [0.25, 0.3) is 22.3 Å². The first-order valence-corrected chi connectivity index (χ1v) is 18.0. The molecule has 1 heterocycles. The molecule has 0 aliphatic carbocycles. The van der Waals surface area contributed by atoms with Gasteiger partial charge in [0.1, 0.15) is 11.5 Å². The Morgan fingerprint density at radius 2 is 1.09 bits per heavy atom. The topological polar surface area (TPSA) is 56.6 Å². The SMILES string of the molecule is CCCCCCCCCCCCOc1ccc(-c2cnc3cc(C=Nc4ccc(OCCCCCCCC)cc4)ccc3n2)cc1. The van der Waals surface area contributed by atoms with Crippen LogP contribution in [0.5, 0.6) is 11.5 Å². The van der Waals surface area contributed by atoms with Crippen molar-refractivity contribution in [3.63, 3.8) is 0 Å². The van der Waals surface area contributed by atoms with Gasteiger partial charge in [-0.3, -0.25) is 9.98 Å². The van der Waals surface area contributed by atoms with Crippen molar-refractivity contribution in [2.45, 2.75) is 117 Å². The molecule has 0 bridgehead atoms. The number of hydrogen-bond acceptors (Lipinski definition) is 5. The van der Waals surface area contributed by atoms with Crippen LogP contribution in [-0.2, 0) is 0 Å². The molecule has 0 radical (unpaired) electrons. The molecule has 0 saturated heterocycles. The van der Waals surface area contributed by atoms with E-state index in [1.165, 1.54) is 89.9 Å². The van der Waals surface area contributed by atoms with Crippen LogP contribution in [0.3, 0.4) is 0 Å². The van der Waals surface area contributed by atoms with E-state index in [1.807, 2.05) is 67.0 Å². The third-order valence-corrected chi connectivity index (χ3v) is 8.45. The lowest BCUT2D eigenvalue weighted by Crippen LogP contribution is -1.97. The molecule has 5 heteroatoms. The van der Waals surface area contributed by atoms with E-state index in [-0.39, 0.29) is 0 Å². The van der Waals surface area contributed by atoms with Crippen molar-refractivity contribution in [3.05, 3.63) is 78.5 Å². The van der Waals surface area contributed by atoms with Crippen molar-refractivity contribution in [1.82, 2.24) is 9.97 Å². The predicted molar refractivity (Wildman–Crippen MR) is 195 cm³/mol. The van der Waals surface area contributed by atoms with E-state index in [1.54, 1.807) is 0 Å². The molecule has 1 aromatic heterocycles. The number of nitrogens with zero attached hydrogens (tertiary/aromatic N) is 3. The number of benzene rings is 3. The summed E-state index contributed by atoms with van der Waals surface area (Å²) in [5.74, 6) is 1.81. The first kappa shape index (κ1) is 35.1. The van der Waals surface area contributed by atoms with E-state index in [2.05, 4.69) is 31.0 Å². The lowest BCUT2D eigenvalue weighted by atomic mass is 10.1. The van der Waals surface area contributed by atoms with Crippen LogP contribution in [0.15, 0.2) is 77.9 Å². The van der Waals surface area contributed by atoms with Crippen molar-refractivity contribution in [2.75, 3.05) is 13.2 Å². The van der Waals surface area contributed by atoms with Gasteiger partial charge in [0.25, 0.3) is 0 Å². The van der Waals surface area contributed by atoms with Gasteiger partial charge in [-0.2, -0.15) is 0 Å². The average Bonchev–Trinajstić information content (AvgIpc) is 3.10. The third-order valence-electron chi connectivity index (χ3n) is 8.45. The summed E-state index contributed by atoms with van der Waals surface area (Å²) in [6, 6.07) is 22.2. The fourth-order valence-electron chi connectivity index (χ4n) is 5.60. The Kier molecular flexibility index (Phi) is 16.1. The summed E-state index contributed by atoms with van der Waals surface area (Å²) < 4.78 is 11.9. The Hall–Kier alpha value is -3.73. The molecule has 0 spiro atoms. The smallest absolute Gasteiger partial charge is 0.119 e. The molecule has 4 rings (SSSR count). The fourth-order valence-corrected chi connectivity index (χ4v) is 5.60. The zero-order valence-electron chi connectivity index (χ0n) is 28.4. The van der Waals surface area contributed by atoms with Gasteiger partial charge >= 0.3 is 0 Å². The Morgan fingerprint density at radius 1 is 0.565 bits per heavy atom. The monoisotopic (exact) mass is 621 g/mol. The van der Waals surface area contributed by atoms with Gasteiger partial charge in [0, 0.05) is 11.8 Å². The van der Waals surface area contributed by atoms with Gasteiger partial charge in [-0.15, -0.1) is 0 Å². The molecule has 0 saturated carbocycles. The highest BCUT2D eigenvalue weighted by molar-refractivity contribution is 5.88. The maximum Gasteiger partial charge on any atom is 0.119 e. The first-order chi connectivity index (χ1) is 22.7. The number of fused-ring (bicyclic) bond motifs is 1. The van der Waals surface area contributed by atoms with Crippen LogP contribution in [0.4, 0.5) is 5.69 Å². The van der Waals surface area contributed by atoms with Gasteiger partial charge in [0.2, 0.25) is 0 Å². The highest BCUT2D eigenvalue weighted by Gasteiger charge is 2.05. The maximum absolute atomic E-state index is 5.99. The standard InChI is InChI=1S/C41H55N3O2/c1-3-5-7-9-11-12-13-14-16-18-29-45-37-24-20-35(21-25-37)41-33-43-40-31-34(19-28-39(40)44-41)32-42-36-22-26-38(27-23-36)46-30-17-15-10-8-6-4-2/h19-28,31-33H,3-18,29-30H2,1-2H3. The molecule has 4 aromatic rings. The molecule has 0 N–H and O–H groups in total. The van der Waals surface area contributed by atoms with Gasteiger partial charge in [0.05, 0.1) is 41.8 Å². The zero-order valence-corrected chi connectivity index (χ0v) is 28.4. The van der Waals surface area contributed by atoms with E-state index in [0.29, 0.717) is 0 Å². The summed E-state index contributed by atoms with van der Waals surface area (Å²) in [7, 11) is 0. The van der Waals surface area contributed by atoms with Crippen molar-refractivity contribution < 1.29 is 9.47 Å². The van der Waals surface area contributed by atoms with Crippen LogP contribution < -0.4 is 9.47 Å². The minimum Gasteiger partial charge on any atom is -0.494 e. The number of unbranched alkanes of at least 4 members (excludes halogenated alkanes) is 14. The summed E-state index contributed by atoms with van der Waals surface area (Å²) in [5, 5.41) is 0. The van der Waals surface area contributed by atoms with E-state index < -0.39 is 0 Å². The van der Waals surface area contributed by atoms with E-state index in [9.17, 15) is 0 Å². The summed E-state index contributed by atoms with van der Waals surface area (Å²) in [6.07, 6.45) is 24.6. The quantitative estimate of drug-likeness (QED) is 0.0611. The number of aliphatic imine (C=N–C) groups is 1. The van der Waals surface area contributed by atoms with E-state index in [0.717, 1.165) is 71.1 Å². The van der Waals surface area contributed by atoms with Crippen LogP contribution in [0.1, 0.15) is 122 Å². The highest BCUT2D eigenvalue weighted by Crippen LogP contribution is 2.24. The zero-order chi connectivity index (χ0) is 32.1. The lowest BCUT2D eigenvalue weighted by Gasteiger charge is -2.08. The van der Waals surface area contributed by atoms with Gasteiger partial charge in [-0.1, -0.05) is 110 Å². The molecule has 0 aliphatic heterocycles. The molecular weight excluding hydrogens is 566 g/mol. The number of hydrogen-bond donors (Lipinski definition) is 0. The number of aromatic nitrogens is 2. The molecule has 0 unspecified atom stereocenters. The second-order valence-electron chi connectivity index (χ2n) is 12.4. The van der Waals surface area contributed by atoms with Crippen LogP contribution in [-0.4, -0.2) is 29.4 Å². The molecule has 0 amide bonds. The third kappa shape index (κ3) is 12.9. The van der Waals surface area contributed by atoms with Crippen molar-refractivity contribution in [2.24, 2.45) is 4.99 Å². The normalized spacial score (nSPS) is 11.4. The predicted octanol–water partition coefficient (Wildman–Crippen LogP) is 12.1. The summed E-state index contributed by atoms with van der Waals surface area (Å²) in [6.45, 7) is 6.07.